The number of anilines is 1. The molecule has 0 radical (unpaired) electrons. The van der Waals surface area contributed by atoms with Crippen LogP contribution in [0.15, 0.2) is 49.6 Å². The Morgan fingerprint density at radius 1 is 1.29 bits per heavy atom. The van der Waals surface area contributed by atoms with E-state index in [1.165, 1.54) is 6.08 Å². The molecule has 1 aromatic carbocycles. The average Bonchev–Trinajstić information content (AvgIpc) is 3.47. The highest BCUT2D eigenvalue weighted by Gasteiger charge is 2.74. The summed E-state index contributed by atoms with van der Waals surface area (Å²) in [5.74, 6) is -2.06. The minimum absolute atomic E-state index is 0.0649. The standard InChI is InChI=1S/C25H29ClN2O5S/c1-3-12-27(17-8-6-16(26)7-9-17)23(31)21-25-11-10-18(34-25)19(24(32)33-15-4-2)20(25)22(30)28(21)13-5-14-29/h3-4,6-9,18-21,29H,1-2,5,10-15H2/t18-,19+,20-,21?,25?/m0/s1. The molecule has 5 atom stereocenters. The van der Waals surface area contributed by atoms with Crippen LogP contribution in [0.3, 0.4) is 0 Å². The number of carbonyl (C=O) groups excluding carboxylic acids is 3. The number of likely N-dealkylation sites (tertiary alicyclic amines) is 1. The largest absolute Gasteiger partial charge is 0.461 e. The van der Waals surface area contributed by atoms with Crippen LogP contribution in [0.5, 0.6) is 0 Å². The van der Waals surface area contributed by atoms with Crippen molar-refractivity contribution in [1.29, 1.82) is 0 Å². The summed E-state index contributed by atoms with van der Waals surface area (Å²) in [5.41, 5.74) is 0.656. The monoisotopic (exact) mass is 504 g/mol. The Balaban J connectivity index is 1.73. The molecule has 2 bridgehead atoms. The van der Waals surface area contributed by atoms with Crippen LogP contribution in [0.2, 0.25) is 5.02 Å². The maximum atomic E-state index is 14.2. The van der Waals surface area contributed by atoms with E-state index in [0.717, 1.165) is 6.42 Å². The minimum Gasteiger partial charge on any atom is -0.461 e. The average molecular weight is 505 g/mol. The number of fused-ring (bicyclic) bond motifs is 1. The predicted octanol–water partition coefficient (Wildman–Crippen LogP) is 3.06. The Morgan fingerprint density at radius 3 is 2.68 bits per heavy atom. The molecule has 9 heteroatoms. The lowest BCUT2D eigenvalue weighted by Crippen LogP contribution is -2.55. The summed E-state index contributed by atoms with van der Waals surface area (Å²) in [4.78, 5) is 44.0. The number of rotatable bonds is 10. The molecule has 34 heavy (non-hydrogen) atoms. The number of hydrogen-bond donors (Lipinski definition) is 1. The Morgan fingerprint density at radius 2 is 2.03 bits per heavy atom. The van der Waals surface area contributed by atoms with Gasteiger partial charge in [-0.25, -0.2) is 0 Å². The Bertz CT molecular complexity index is 986. The fraction of sp³-hybridized carbons (Fsp3) is 0.480. The molecular weight excluding hydrogens is 476 g/mol. The van der Waals surface area contributed by atoms with E-state index < -0.39 is 28.6 Å². The zero-order valence-electron chi connectivity index (χ0n) is 18.9. The fourth-order valence-electron chi connectivity index (χ4n) is 5.64. The Hall–Kier alpha value is -2.29. The molecule has 0 saturated carbocycles. The summed E-state index contributed by atoms with van der Waals surface area (Å²) in [6.45, 7) is 7.88. The van der Waals surface area contributed by atoms with Crippen molar-refractivity contribution < 1.29 is 24.2 Å². The van der Waals surface area contributed by atoms with Gasteiger partial charge in [-0.2, -0.15) is 0 Å². The first-order chi connectivity index (χ1) is 16.4. The molecule has 2 unspecified atom stereocenters. The number of hydrogen-bond acceptors (Lipinski definition) is 6. The van der Waals surface area contributed by atoms with Crippen LogP contribution in [0.25, 0.3) is 0 Å². The van der Waals surface area contributed by atoms with Gasteiger partial charge in [0.15, 0.2) is 0 Å². The maximum absolute atomic E-state index is 14.2. The second-order valence-corrected chi connectivity index (χ2v) is 10.8. The normalized spacial score (nSPS) is 29.1. The van der Waals surface area contributed by atoms with Crippen molar-refractivity contribution in [3.63, 3.8) is 0 Å². The van der Waals surface area contributed by atoms with E-state index in [-0.39, 0.29) is 43.4 Å². The molecule has 3 aliphatic rings. The van der Waals surface area contributed by atoms with Gasteiger partial charge < -0.3 is 19.6 Å². The first-order valence-corrected chi connectivity index (χ1v) is 12.7. The van der Waals surface area contributed by atoms with Crippen LogP contribution in [-0.2, 0) is 19.1 Å². The molecule has 3 heterocycles. The van der Waals surface area contributed by atoms with Crippen molar-refractivity contribution >= 4 is 46.8 Å². The molecule has 3 aliphatic heterocycles. The summed E-state index contributed by atoms with van der Waals surface area (Å²) in [5, 5.41) is 9.95. The van der Waals surface area contributed by atoms with Gasteiger partial charge in [0, 0.05) is 35.7 Å². The topological polar surface area (TPSA) is 87.2 Å². The first kappa shape index (κ1) is 24.8. The first-order valence-electron chi connectivity index (χ1n) is 11.4. The molecular formula is C25H29ClN2O5S. The zero-order chi connectivity index (χ0) is 24.5. The van der Waals surface area contributed by atoms with Crippen LogP contribution in [0, 0.1) is 11.8 Å². The van der Waals surface area contributed by atoms with Crippen LogP contribution in [0.1, 0.15) is 19.3 Å². The summed E-state index contributed by atoms with van der Waals surface area (Å²) < 4.78 is 4.65. The second kappa shape index (κ2) is 10.1. The number of amides is 2. The molecule has 3 fully saturated rings. The molecule has 3 saturated heterocycles. The molecule has 1 aromatic rings. The van der Waals surface area contributed by atoms with Crippen LogP contribution < -0.4 is 4.90 Å². The minimum atomic E-state index is -0.751. The molecule has 4 rings (SSSR count). The fourth-order valence-corrected chi connectivity index (χ4v) is 7.97. The van der Waals surface area contributed by atoms with Gasteiger partial charge in [0.1, 0.15) is 12.6 Å². The molecule has 1 spiro atoms. The maximum Gasteiger partial charge on any atom is 0.311 e. The molecule has 0 aromatic heterocycles. The van der Waals surface area contributed by atoms with Gasteiger partial charge in [-0.3, -0.25) is 14.4 Å². The van der Waals surface area contributed by atoms with Crippen molar-refractivity contribution in [1.82, 2.24) is 4.90 Å². The number of thioether (sulfide) groups is 1. The Labute approximate surface area is 208 Å². The third-order valence-corrected chi connectivity index (χ3v) is 9.13. The smallest absolute Gasteiger partial charge is 0.311 e. The third kappa shape index (κ3) is 4.06. The highest BCUT2D eigenvalue weighted by Crippen LogP contribution is 2.66. The van der Waals surface area contributed by atoms with Crippen molar-refractivity contribution in [2.75, 3.05) is 31.2 Å². The molecule has 7 nitrogen and oxygen atoms in total. The van der Waals surface area contributed by atoms with Gasteiger partial charge in [0.2, 0.25) is 5.91 Å². The van der Waals surface area contributed by atoms with E-state index in [1.807, 2.05) is 0 Å². The number of carbonyl (C=O) groups is 3. The number of nitrogens with zero attached hydrogens (tertiary/aromatic N) is 2. The summed E-state index contributed by atoms with van der Waals surface area (Å²) in [7, 11) is 0. The lowest BCUT2D eigenvalue weighted by molar-refractivity contribution is -0.153. The third-order valence-electron chi connectivity index (χ3n) is 6.92. The highest BCUT2D eigenvalue weighted by molar-refractivity contribution is 8.02. The second-order valence-electron chi connectivity index (χ2n) is 8.80. The number of halogens is 1. The predicted molar refractivity (Wildman–Crippen MR) is 133 cm³/mol. The zero-order valence-corrected chi connectivity index (χ0v) is 20.5. The van der Waals surface area contributed by atoms with E-state index in [4.69, 9.17) is 16.3 Å². The summed E-state index contributed by atoms with van der Waals surface area (Å²) >= 11 is 7.63. The summed E-state index contributed by atoms with van der Waals surface area (Å²) in [6.07, 6.45) is 4.90. The number of aliphatic hydroxyl groups excluding tert-OH is 1. The van der Waals surface area contributed by atoms with Crippen molar-refractivity contribution in [2.24, 2.45) is 11.8 Å². The van der Waals surface area contributed by atoms with Gasteiger partial charge in [-0.05, 0) is 43.5 Å². The van der Waals surface area contributed by atoms with E-state index >= 15 is 0 Å². The Kier molecular flexibility index (Phi) is 7.40. The number of aliphatic hydroxyl groups is 1. The van der Waals surface area contributed by atoms with E-state index in [0.29, 0.717) is 23.6 Å². The molecule has 2 amide bonds. The van der Waals surface area contributed by atoms with E-state index in [1.54, 1.807) is 51.9 Å². The summed E-state index contributed by atoms with van der Waals surface area (Å²) in [6, 6.07) is 6.21. The van der Waals surface area contributed by atoms with Crippen LogP contribution >= 0.6 is 23.4 Å². The van der Waals surface area contributed by atoms with Crippen molar-refractivity contribution in [3.8, 4) is 0 Å². The molecule has 182 valence electrons. The number of benzene rings is 1. The van der Waals surface area contributed by atoms with Crippen LogP contribution in [0.4, 0.5) is 5.69 Å². The van der Waals surface area contributed by atoms with Gasteiger partial charge in [-0.1, -0.05) is 30.3 Å². The van der Waals surface area contributed by atoms with Gasteiger partial charge in [0.25, 0.3) is 5.91 Å². The quantitative estimate of drug-likeness (QED) is 0.389. The van der Waals surface area contributed by atoms with Crippen molar-refractivity contribution in [3.05, 3.63) is 54.6 Å². The van der Waals surface area contributed by atoms with Gasteiger partial charge in [0.05, 0.1) is 16.6 Å². The lowest BCUT2D eigenvalue weighted by atomic mass is 9.71. The number of esters is 1. The SMILES string of the molecule is C=CCOC(=O)[C@@H]1[C@@H]2CCC3(S2)C(C(=O)N(CC=C)c2ccc(Cl)cc2)N(CCCO)C(=O)[C@H]13. The van der Waals surface area contributed by atoms with Crippen LogP contribution in [-0.4, -0.2) is 70.1 Å². The van der Waals surface area contributed by atoms with E-state index in [9.17, 15) is 19.5 Å². The van der Waals surface area contributed by atoms with Gasteiger partial charge >= 0.3 is 5.97 Å². The molecule has 0 aliphatic carbocycles. The highest BCUT2D eigenvalue weighted by atomic mass is 35.5. The van der Waals surface area contributed by atoms with E-state index in [2.05, 4.69) is 13.2 Å². The molecule has 1 N–H and O–H groups in total. The lowest BCUT2D eigenvalue weighted by Gasteiger charge is -2.37. The number of ether oxygens (including phenoxy) is 1. The van der Waals surface area contributed by atoms with Gasteiger partial charge in [-0.15, -0.1) is 18.3 Å². The van der Waals surface area contributed by atoms with Crippen molar-refractivity contribution in [2.45, 2.75) is 35.3 Å².